The van der Waals surface area contributed by atoms with E-state index in [1.807, 2.05) is 13.8 Å². The summed E-state index contributed by atoms with van der Waals surface area (Å²) in [4.78, 5) is 4.24. The van der Waals surface area contributed by atoms with Crippen molar-refractivity contribution >= 4 is 6.21 Å². The molecule has 1 aromatic carbocycles. The van der Waals surface area contributed by atoms with Gasteiger partial charge in [0.15, 0.2) is 11.5 Å². The number of nitrogens with zero attached hydrogens (tertiary/aromatic N) is 1. The number of phenolic OH excluding ortho intramolecular Hbond substituents is 1. The van der Waals surface area contributed by atoms with E-state index in [-0.39, 0.29) is 11.8 Å². The number of rotatable bonds is 3. The molecule has 0 aliphatic carbocycles. The highest BCUT2D eigenvalue weighted by Gasteiger charge is 2.00. The molecule has 0 saturated carbocycles. The molecule has 0 bridgehead atoms. The molecular formula is C11H17NO4. The summed E-state index contributed by atoms with van der Waals surface area (Å²) in [6, 6.07) is 5.42. The summed E-state index contributed by atoms with van der Waals surface area (Å²) >= 11 is 0. The Bertz CT molecular complexity index is 337. The van der Waals surface area contributed by atoms with Crippen LogP contribution in [0.3, 0.4) is 0 Å². The lowest BCUT2D eigenvalue weighted by Gasteiger charge is -2.03. The second-order valence-corrected chi connectivity index (χ2v) is 3.30. The van der Waals surface area contributed by atoms with Crippen molar-refractivity contribution in [2.75, 3.05) is 7.11 Å². The van der Waals surface area contributed by atoms with Crippen molar-refractivity contribution in [1.82, 2.24) is 0 Å². The van der Waals surface area contributed by atoms with Crippen LogP contribution in [0.15, 0.2) is 23.2 Å². The maximum atomic E-state index is 9.34. The molecule has 0 amide bonds. The van der Waals surface area contributed by atoms with Crippen LogP contribution in [-0.4, -0.2) is 35.0 Å². The van der Waals surface area contributed by atoms with Crippen molar-refractivity contribution < 1.29 is 20.4 Å². The zero-order valence-corrected chi connectivity index (χ0v) is 9.58. The van der Waals surface area contributed by atoms with Gasteiger partial charge in [0.1, 0.15) is 0 Å². The second kappa shape index (κ2) is 7.67. The van der Waals surface area contributed by atoms with Gasteiger partial charge in [0.2, 0.25) is 0 Å². The summed E-state index contributed by atoms with van der Waals surface area (Å²) in [6.07, 6.45) is 1.77. The third-order valence-corrected chi connectivity index (χ3v) is 1.73. The number of benzene rings is 1. The van der Waals surface area contributed by atoms with Crippen molar-refractivity contribution in [3.8, 4) is 11.5 Å². The van der Waals surface area contributed by atoms with Crippen molar-refractivity contribution in [3.05, 3.63) is 23.8 Å². The number of methoxy groups -OCH3 is 1. The zero-order chi connectivity index (χ0) is 12.6. The molecule has 0 aromatic heterocycles. The number of hydrogen-bond acceptors (Lipinski definition) is 5. The molecule has 5 nitrogen and oxygen atoms in total. The lowest BCUT2D eigenvalue weighted by molar-refractivity contribution is -0.176. The predicted molar refractivity (Wildman–Crippen MR) is 62.6 cm³/mol. The maximum absolute atomic E-state index is 9.34. The molecule has 90 valence electrons. The Labute approximate surface area is 94.6 Å². The normalized spacial score (nSPS) is 10.1. The third-order valence-electron chi connectivity index (χ3n) is 1.73. The Hall–Kier alpha value is -1.59. The first kappa shape index (κ1) is 14.4. The fourth-order valence-corrected chi connectivity index (χ4v) is 1.01. The van der Waals surface area contributed by atoms with Crippen LogP contribution in [0.4, 0.5) is 0 Å². The highest BCUT2D eigenvalue weighted by Crippen LogP contribution is 2.25. The standard InChI is InChI=1S/C11H15NO2.H2O2/c1-8(2)12-7-9-4-5-10(13)11(6-9)14-3;1-2/h4-8,13H,1-3H3;1-2H. The van der Waals surface area contributed by atoms with Crippen LogP contribution < -0.4 is 4.74 Å². The van der Waals surface area contributed by atoms with Crippen LogP contribution in [-0.2, 0) is 0 Å². The van der Waals surface area contributed by atoms with Gasteiger partial charge in [0.25, 0.3) is 0 Å². The average Bonchev–Trinajstić information content (AvgIpc) is 2.30. The van der Waals surface area contributed by atoms with E-state index in [1.165, 1.54) is 7.11 Å². The van der Waals surface area contributed by atoms with E-state index in [0.29, 0.717) is 5.75 Å². The molecule has 0 aliphatic heterocycles. The highest BCUT2D eigenvalue weighted by atomic mass is 17.0. The van der Waals surface area contributed by atoms with Crippen LogP contribution in [0.2, 0.25) is 0 Å². The predicted octanol–water partition coefficient (Wildman–Crippen LogP) is 2.25. The maximum Gasteiger partial charge on any atom is 0.161 e. The summed E-state index contributed by atoms with van der Waals surface area (Å²) in [6.45, 7) is 4.02. The molecule has 16 heavy (non-hydrogen) atoms. The van der Waals surface area contributed by atoms with Crippen LogP contribution in [0.25, 0.3) is 0 Å². The fraction of sp³-hybridized carbons (Fsp3) is 0.364. The average molecular weight is 227 g/mol. The van der Waals surface area contributed by atoms with E-state index in [4.69, 9.17) is 15.3 Å². The monoisotopic (exact) mass is 227 g/mol. The second-order valence-electron chi connectivity index (χ2n) is 3.30. The van der Waals surface area contributed by atoms with E-state index < -0.39 is 0 Å². The van der Waals surface area contributed by atoms with Crippen molar-refractivity contribution in [3.63, 3.8) is 0 Å². The van der Waals surface area contributed by atoms with E-state index in [9.17, 15) is 5.11 Å². The van der Waals surface area contributed by atoms with Gasteiger partial charge < -0.3 is 9.84 Å². The number of ether oxygens (including phenoxy) is 1. The Morgan fingerprint density at radius 2 is 1.94 bits per heavy atom. The lowest BCUT2D eigenvalue weighted by atomic mass is 10.2. The van der Waals surface area contributed by atoms with Gasteiger partial charge in [0, 0.05) is 12.3 Å². The lowest BCUT2D eigenvalue weighted by Crippen LogP contribution is -1.91. The molecule has 0 heterocycles. The molecule has 0 fully saturated rings. The molecule has 5 heteroatoms. The van der Waals surface area contributed by atoms with Gasteiger partial charge >= 0.3 is 0 Å². The SMILES string of the molecule is COc1cc(C=NC(C)C)ccc1O.OO. The fourth-order valence-electron chi connectivity index (χ4n) is 1.01. The Morgan fingerprint density at radius 1 is 1.31 bits per heavy atom. The Morgan fingerprint density at radius 3 is 2.44 bits per heavy atom. The number of aromatic hydroxyl groups is 1. The van der Waals surface area contributed by atoms with Gasteiger partial charge in [-0.3, -0.25) is 15.5 Å². The molecule has 0 saturated heterocycles. The highest BCUT2D eigenvalue weighted by molar-refractivity contribution is 5.80. The molecule has 0 aliphatic rings. The van der Waals surface area contributed by atoms with Gasteiger partial charge in [-0.2, -0.15) is 0 Å². The van der Waals surface area contributed by atoms with E-state index in [2.05, 4.69) is 4.99 Å². The Balaban J connectivity index is 0.00000106. The first-order valence-electron chi connectivity index (χ1n) is 4.73. The van der Waals surface area contributed by atoms with Gasteiger partial charge in [-0.25, -0.2) is 0 Å². The van der Waals surface area contributed by atoms with Crippen LogP contribution >= 0.6 is 0 Å². The summed E-state index contributed by atoms with van der Waals surface area (Å²) < 4.78 is 4.98. The largest absolute Gasteiger partial charge is 0.504 e. The van der Waals surface area contributed by atoms with Gasteiger partial charge in [-0.15, -0.1) is 0 Å². The molecule has 3 N–H and O–H groups in total. The molecule has 0 spiro atoms. The van der Waals surface area contributed by atoms with Crippen molar-refractivity contribution in [1.29, 1.82) is 0 Å². The summed E-state index contributed by atoms with van der Waals surface area (Å²) in [5, 5.41) is 21.3. The summed E-state index contributed by atoms with van der Waals surface area (Å²) in [5.74, 6) is 0.618. The Kier molecular flexibility index (Phi) is 6.91. The first-order valence-corrected chi connectivity index (χ1v) is 4.73. The van der Waals surface area contributed by atoms with Gasteiger partial charge in [0.05, 0.1) is 7.11 Å². The zero-order valence-electron chi connectivity index (χ0n) is 9.58. The molecule has 1 rings (SSSR count). The molecule has 1 aromatic rings. The van der Waals surface area contributed by atoms with E-state index in [0.717, 1.165) is 5.56 Å². The molecule has 0 radical (unpaired) electrons. The minimum atomic E-state index is 0.147. The summed E-state index contributed by atoms with van der Waals surface area (Å²) in [5.41, 5.74) is 0.924. The summed E-state index contributed by atoms with van der Waals surface area (Å²) in [7, 11) is 1.53. The van der Waals surface area contributed by atoms with E-state index in [1.54, 1.807) is 24.4 Å². The third kappa shape index (κ3) is 4.77. The number of hydrogen-bond donors (Lipinski definition) is 3. The van der Waals surface area contributed by atoms with Gasteiger partial charge in [-0.05, 0) is 37.6 Å². The van der Waals surface area contributed by atoms with E-state index >= 15 is 0 Å². The molecule has 0 atom stereocenters. The quantitative estimate of drug-likeness (QED) is 0.420. The minimum Gasteiger partial charge on any atom is -0.504 e. The number of phenols is 1. The van der Waals surface area contributed by atoms with Crippen LogP contribution in [0, 0.1) is 0 Å². The topological polar surface area (TPSA) is 82.3 Å². The van der Waals surface area contributed by atoms with Crippen LogP contribution in [0.1, 0.15) is 19.4 Å². The van der Waals surface area contributed by atoms with Gasteiger partial charge in [-0.1, -0.05) is 0 Å². The molecule has 0 unspecified atom stereocenters. The van der Waals surface area contributed by atoms with Crippen molar-refractivity contribution in [2.45, 2.75) is 19.9 Å². The van der Waals surface area contributed by atoms with Crippen molar-refractivity contribution in [2.24, 2.45) is 4.99 Å². The first-order chi connectivity index (χ1) is 7.63. The molecular weight excluding hydrogens is 210 g/mol. The van der Waals surface area contributed by atoms with Crippen LogP contribution in [0.5, 0.6) is 11.5 Å². The number of aliphatic imine (C=N–C) groups is 1. The minimum absolute atomic E-state index is 0.147. The smallest absolute Gasteiger partial charge is 0.161 e.